The molecule has 0 aliphatic carbocycles. The molecule has 6 nitrogen and oxygen atoms in total. The second kappa shape index (κ2) is 6.62. The maximum atomic E-state index is 13.2. The molecule has 1 aliphatic rings. The van der Waals surface area contributed by atoms with Crippen LogP contribution >= 0.6 is 0 Å². The molecule has 1 atom stereocenters. The van der Waals surface area contributed by atoms with Gasteiger partial charge in [0.05, 0.1) is 4.92 Å². The summed E-state index contributed by atoms with van der Waals surface area (Å²) in [4.78, 5) is 22.4. The highest BCUT2D eigenvalue weighted by molar-refractivity contribution is 5.98. The summed E-state index contributed by atoms with van der Waals surface area (Å²) < 4.78 is 18.5. The van der Waals surface area contributed by atoms with Gasteiger partial charge in [-0.05, 0) is 37.8 Å². The van der Waals surface area contributed by atoms with E-state index in [1.54, 1.807) is 0 Å². The molecular weight excluding hydrogens is 279 g/mol. The summed E-state index contributed by atoms with van der Waals surface area (Å²) in [6.45, 7) is 3.13. The second-order valence-electron chi connectivity index (χ2n) is 5.13. The van der Waals surface area contributed by atoms with Gasteiger partial charge in [-0.3, -0.25) is 14.9 Å². The Bertz CT molecular complexity index is 544. The molecule has 0 aromatic heterocycles. The number of nitrogens with one attached hydrogen (secondary N) is 1. The van der Waals surface area contributed by atoms with Gasteiger partial charge in [0.1, 0.15) is 11.4 Å². The van der Waals surface area contributed by atoms with Gasteiger partial charge in [-0.1, -0.05) is 0 Å². The van der Waals surface area contributed by atoms with Crippen molar-refractivity contribution in [3.8, 4) is 0 Å². The minimum atomic E-state index is -0.687. The van der Waals surface area contributed by atoms with Crippen LogP contribution in [-0.4, -0.2) is 30.1 Å². The van der Waals surface area contributed by atoms with E-state index in [2.05, 4.69) is 5.32 Å². The van der Waals surface area contributed by atoms with Crippen molar-refractivity contribution in [3.63, 3.8) is 0 Å². The van der Waals surface area contributed by atoms with Crippen LogP contribution in [0.25, 0.3) is 0 Å². The first-order chi connectivity index (χ1) is 9.99. The quantitative estimate of drug-likeness (QED) is 0.682. The zero-order chi connectivity index (χ0) is 15.4. The summed E-state index contributed by atoms with van der Waals surface area (Å²) in [5.74, 6) is -1.04. The lowest BCUT2D eigenvalue weighted by Crippen LogP contribution is -2.40. The highest BCUT2D eigenvalue weighted by atomic mass is 19.1. The summed E-state index contributed by atoms with van der Waals surface area (Å²) in [6, 6.07) is 2.72. The largest absolute Gasteiger partial charge is 0.381 e. The number of nitro groups is 1. The van der Waals surface area contributed by atoms with Crippen molar-refractivity contribution in [3.05, 3.63) is 39.7 Å². The van der Waals surface area contributed by atoms with E-state index in [1.165, 1.54) is 0 Å². The van der Waals surface area contributed by atoms with Crippen LogP contribution in [0.2, 0.25) is 0 Å². The van der Waals surface area contributed by atoms with E-state index in [-0.39, 0.29) is 17.5 Å². The number of benzene rings is 1. The minimum Gasteiger partial charge on any atom is -0.381 e. The van der Waals surface area contributed by atoms with Crippen molar-refractivity contribution in [2.75, 3.05) is 13.2 Å². The van der Waals surface area contributed by atoms with Crippen LogP contribution in [0.1, 0.15) is 30.1 Å². The number of nitro benzene ring substituents is 1. The molecule has 1 aromatic carbocycles. The Kier molecular flexibility index (Phi) is 4.85. The lowest BCUT2D eigenvalue weighted by molar-refractivity contribution is -0.385. The van der Waals surface area contributed by atoms with Gasteiger partial charge in [-0.15, -0.1) is 0 Å². The molecular formula is C14H17FN2O4. The van der Waals surface area contributed by atoms with Crippen molar-refractivity contribution in [1.29, 1.82) is 0 Å². The van der Waals surface area contributed by atoms with Crippen LogP contribution in [0.15, 0.2) is 18.2 Å². The summed E-state index contributed by atoms with van der Waals surface area (Å²) in [5, 5.41) is 13.6. The number of nitrogens with zero attached hydrogens (tertiary/aromatic N) is 1. The van der Waals surface area contributed by atoms with E-state index in [9.17, 15) is 19.3 Å². The van der Waals surface area contributed by atoms with Gasteiger partial charge in [0.15, 0.2) is 0 Å². The van der Waals surface area contributed by atoms with Crippen molar-refractivity contribution in [2.45, 2.75) is 25.8 Å². The molecule has 0 radical (unpaired) electrons. The van der Waals surface area contributed by atoms with Gasteiger partial charge in [0.2, 0.25) is 0 Å². The van der Waals surface area contributed by atoms with Gasteiger partial charge in [0, 0.05) is 25.3 Å². The summed E-state index contributed by atoms with van der Waals surface area (Å²) in [7, 11) is 0. The molecule has 21 heavy (non-hydrogen) atoms. The molecule has 1 aromatic rings. The molecule has 1 saturated heterocycles. The van der Waals surface area contributed by atoms with E-state index in [0.29, 0.717) is 13.2 Å². The molecule has 1 amide bonds. The predicted molar refractivity (Wildman–Crippen MR) is 73.5 cm³/mol. The van der Waals surface area contributed by atoms with Crippen LogP contribution in [0.5, 0.6) is 0 Å². The molecule has 114 valence electrons. The highest BCUT2D eigenvalue weighted by Crippen LogP contribution is 2.22. The summed E-state index contributed by atoms with van der Waals surface area (Å²) in [5.41, 5.74) is -0.646. The predicted octanol–water partition coefficient (Wildman–Crippen LogP) is 2.28. The first-order valence-electron chi connectivity index (χ1n) is 6.81. The normalized spacial score (nSPS) is 17.2. The Hall–Kier alpha value is -2.02. The molecule has 0 bridgehead atoms. The fourth-order valence-electron chi connectivity index (χ4n) is 2.47. The number of rotatable bonds is 4. The van der Waals surface area contributed by atoms with Crippen LogP contribution in [0.3, 0.4) is 0 Å². The van der Waals surface area contributed by atoms with E-state index in [1.807, 2.05) is 6.92 Å². The van der Waals surface area contributed by atoms with Crippen LogP contribution in [-0.2, 0) is 4.74 Å². The molecule has 1 N–H and O–H groups in total. The van der Waals surface area contributed by atoms with E-state index < -0.39 is 22.3 Å². The Balaban J connectivity index is 2.12. The van der Waals surface area contributed by atoms with Crippen molar-refractivity contribution in [1.82, 2.24) is 5.32 Å². The molecule has 1 unspecified atom stereocenters. The number of hydrogen-bond donors (Lipinski definition) is 1. The molecule has 2 rings (SSSR count). The number of hydrogen-bond acceptors (Lipinski definition) is 4. The summed E-state index contributed by atoms with van der Waals surface area (Å²) >= 11 is 0. The van der Waals surface area contributed by atoms with Gasteiger partial charge >= 0.3 is 0 Å². The molecule has 1 aliphatic heterocycles. The molecule has 0 saturated carbocycles. The van der Waals surface area contributed by atoms with E-state index >= 15 is 0 Å². The first-order valence-corrected chi connectivity index (χ1v) is 6.81. The Morgan fingerprint density at radius 2 is 2.14 bits per heavy atom. The van der Waals surface area contributed by atoms with Gasteiger partial charge in [-0.25, -0.2) is 4.39 Å². The second-order valence-corrected chi connectivity index (χ2v) is 5.13. The van der Waals surface area contributed by atoms with Crippen LogP contribution in [0, 0.1) is 21.8 Å². The standard InChI is InChI=1S/C14H17FN2O4/c1-9(10-4-6-21-7-5-10)16-14(18)12-8-11(15)2-3-13(12)17(19)20/h2-3,8-10H,4-7H2,1H3,(H,16,18). The third-order valence-corrected chi connectivity index (χ3v) is 3.73. The Morgan fingerprint density at radius 1 is 1.48 bits per heavy atom. The first kappa shape index (κ1) is 15.4. The van der Waals surface area contributed by atoms with E-state index in [0.717, 1.165) is 31.0 Å². The maximum absolute atomic E-state index is 13.2. The highest BCUT2D eigenvalue weighted by Gasteiger charge is 2.26. The topological polar surface area (TPSA) is 81.5 Å². The SMILES string of the molecule is CC(NC(=O)c1cc(F)ccc1[N+](=O)[O-])C1CCOCC1. The van der Waals surface area contributed by atoms with E-state index in [4.69, 9.17) is 4.74 Å². The third kappa shape index (κ3) is 3.75. The lowest BCUT2D eigenvalue weighted by atomic mass is 9.92. The van der Waals surface area contributed by atoms with Gasteiger partial charge in [-0.2, -0.15) is 0 Å². The molecule has 7 heteroatoms. The zero-order valence-electron chi connectivity index (χ0n) is 11.7. The fraction of sp³-hybridized carbons (Fsp3) is 0.500. The molecule has 0 spiro atoms. The van der Waals surface area contributed by atoms with Crippen molar-refractivity contribution < 1.29 is 18.8 Å². The molecule has 1 heterocycles. The maximum Gasteiger partial charge on any atom is 0.282 e. The third-order valence-electron chi connectivity index (χ3n) is 3.73. The fourth-order valence-corrected chi connectivity index (χ4v) is 2.47. The average molecular weight is 296 g/mol. The zero-order valence-corrected chi connectivity index (χ0v) is 11.7. The summed E-state index contributed by atoms with van der Waals surface area (Å²) in [6.07, 6.45) is 1.65. The van der Waals surface area contributed by atoms with Crippen molar-refractivity contribution in [2.24, 2.45) is 5.92 Å². The van der Waals surface area contributed by atoms with Crippen LogP contribution < -0.4 is 5.32 Å². The number of carbonyl (C=O) groups excluding carboxylic acids is 1. The van der Waals surface area contributed by atoms with Gasteiger partial charge in [0.25, 0.3) is 11.6 Å². The number of carbonyl (C=O) groups is 1. The minimum absolute atomic E-state index is 0.149. The van der Waals surface area contributed by atoms with Crippen LogP contribution in [0.4, 0.5) is 10.1 Å². The smallest absolute Gasteiger partial charge is 0.282 e. The lowest BCUT2D eigenvalue weighted by Gasteiger charge is -2.28. The molecule has 1 fully saturated rings. The number of halogens is 1. The monoisotopic (exact) mass is 296 g/mol. The van der Waals surface area contributed by atoms with Crippen molar-refractivity contribution >= 4 is 11.6 Å². The Morgan fingerprint density at radius 3 is 2.76 bits per heavy atom. The van der Waals surface area contributed by atoms with Gasteiger partial charge < -0.3 is 10.1 Å². The average Bonchev–Trinajstić information content (AvgIpc) is 2.47. The number of ether oxygens (including phenoxy) is 1. The Labute approximate surface area is 121 Å². The number of amides is 1.